The Kier molecular flexibility index (Phi) is 5.85. The molecule has 1 heterocycles. The number of hydrogen-bond acceptors (Lipinski definition) is 4. The second-order valence-electron chi connectivity index (χ2n) is 7.43. The second kappa shape index (κ2) is 8.88. The molecule has 1 amide bonds. The van der Waals surface area contributed by atoms with Crippen LogP contribution in [0.3, 0.4) is 0 Å². The molecule has 4 aromatic rings. The molecule has 0 saturated carbocycles. The molecule has 0 fully saturated rings. The molecule has 0 aliphatic heterocycles. The van der Waals surface area contributed by atoms with Gasteiger partial charge in [0.25, 0.3) is 5.91 Å². The van der Waals surface area contributed by atoms with Gasteiger partial charge in [-0.15, -0.1) is 0 Å². The molecule has 0 aliphatic carbocycles. The van der Waals surface area contributed by atoms with Crippen molar-refractivity contribution in [2.45, 2.75) is 26.0 Å². The van der Waals surface area contributed by atoms with Crippen LogP contribution in [0.4, 0.5) is 0 Å². The van der Waals surface area contributed by atoms with Crippen LogP contribution in [0.1, 0.15) is 29.7 Å². The molecule has 1 aromatic heterocycles. The fourth-order valence-electron chi connectivity index (χ4n) is 3.55. The van der Waals surface area contributed by atoms with Crippen LogP contribution in [-0.2, 0) is 4.79 Å². The van der Waals surface area contributed by atoms with Gasteiger partial charge in [0.05, 0.1) is 6.04 Å². The van der Waals surface area contributed by atoms with Crippen LogP contribution in [-0.4, -0.2) is 12.0 Å². The van der Waals surface area contributed by atoms with Crippen molar-refractivity contribution in [2.24, 2.45) is 0 Å². The SMILES string of the molecule is Cc1cc(=O)oc2cc(O[C@@H](C)C(=O)NC(c3ccccc3)c3ccccc3)ccc12. The fraction of sp³-hybridized carbons (Fsp3) is 0.154. The maximum Gasteiger partial charge on any atom is 0.336 e. The zero-order valence-electron chi connectivity index (χ0n) is 17.4. The lowest BCUT2D eigenvalue weighted by atomic mass is 9.98. The van der Waals surface area contributed by atoms with Crippen LogP contribution < -0.4 is 15.7 Å². The van der Waals surface area contributed by atoms with Crippen molar-refractivity contribution in [3.05, 3.63) is 112 Å². The number of benzene rings is 3. The Labute approximate surface area is 180 Å². The van der Waals surface area contributed by atoms with E-state index in [2.05, 4.69) is 5.32 Å². The summed E-state index contributed by atoms with van der Waals surface area (Å²) < 4.78 is 11.1. The van der Waals surface area contributed by atoms with E-state index in [1.54, 1.807) is 19.1 Å². The zero-order chi connectivity index (χ0) is 21.8. The summed E-state index contributed by atoms with van der Waals surface area (Å²) in [4.78, 5) is 24.6. The number of hydrogen-bond donors (Lipinski definition) is 1. The predicted molar refractivity (Wildman–Crippen MR) is 120 cm³/mol. The van der Waals surface area contributed by atoms with Crippen molar-refractivity contribution in [1.29, 1.82) is 0 Å². The van der Waals surface area contributed by atoms with Crippen LogP contribution in [0.5, 0.6) is 5.75 Å². The molecule has 4 rings (SSSR count). The molecule has 5 heteroatoms. The zero-order valence-corrected chi connectivity index (χ0v) is 17.4. The summed E-state index contributed by atoms with van der Waals surface area (Å²) in [5.74, 6) is 0.211. The number of carbonyl (C=O) groups is 1. The monoisotopic (exact) mass is 413 g/mol. The molecule has 0 spiro atoms. The molecule has 0 unspecified atom stereocenters. The van der Waals surface area contributed by atoms with E-state index in [0.717, 1.165) is 22.1 Å². The highest BCUT2D eigenvalue weighted by Crippen LogP contribution is 2.24. The van der Waals surface area contributed by atoms with Gasteiger partial charge in [0.1, 0.15) is 11.3 Å². The van der Waals surface area contributed by atoms with Gasteiger partial charge in [-0.05, 0) is 42.7 Å². The first-order chi connectivity index (χ1) is 15.0. The summed E-state index contributed by atoms with van der Waals surface area (Å²) in [7, 11) is 0. The van der Waals surface area contributed by atoms with Crippen LogP contribution in [0.2, 0.25) is 0 Å². The van der Waals surface area contributed by atoms with Crippen LogP contribution in [0.25, 0.3) is 11.0 Å². The summed E-state index contributed by atoms with van der Waals surface area (Å²) in [6.07, 6.45) is -0.746. The number of nitrogens with one attached hydrogen (secondary N) is 1. The van der Waals surface area contributed by atoms with E-state index >= 15 is 0 Å². The minimum absolute atomic E-state index is 0.247. The van der Waals surface area contributed by atoms with Gasteiger partial charge in [0.15, 0.2) is 6.10 Å². The van der Waals surface area contributed by atoms with Crippen molar-refractivity contribution < 1.29 is 13.9 Å². The first-order valence-electron chi connectivity index (χ1n) is 10.1. The molecule has 0 saturated heterocycles. The van der Waals surface area contributed by atoms with Crippen LogP contribution in [0.15, 0.2) is 94.1 Å². The lowest BCUT2D eigenvalue weighted by molar-refractivity contribution is -0.127. The van der Waals surface area contributed by atoms with Gasteiger partial charge in [0.2, 0.25) is 0 Å². The minimum Gasteiger partial charge on any atom is -0.481 e. The van der Waals surface area contributed by atoms with Crippen molar-refractivity contribution in [3.63, 3.8) is 0 Å². The van der Waals surface area contributed by atoms with Crippen molar-refractivity contribution in [2.75, 3.05) is 0 Å². The van der Waals surface area contributed by atoms with Gasteiger partial charge in [-0.25, -0.2) is 4.79 Å². The van der Waals surface area contributed by atoms with E-state index in [0.29, 0.717) is 11.3 Å². The largest absolute Gasteiger partial charge is 0.481 e. The quantitative estimate of drug-likeness (QED) is 0.462. The summed E-state index contributed by atoms with van der Waals surface area (Å²) in [6.45, 7) is 3.54. The van der Waals surface area contributed by atoms with E-state index in [1.165, 1.54) is 6.07 Å². The third kappa shape index (κ3) is 4.67. The summed E-state index contributed by atoms with van der Waals surface area (Å²) in [5.41, 5.74) is 2.81. The predicted octanol–water partition coefficient (Wildman–Crippen LogP) is 4.77. The number of aryl methyl sites for hydroxylation is 1. The number of fused-ring (bicyclic) bond motifs is 1. The van der Waals surface area contributed by atoms with Crippen LogP contribution in [0, 0.1) is 6.92 Å². The molecule has 0 radical (unpaired) electrons. The summed E-state index contributed by atoms with van der Waals surface area (Å²) in [5, 5.41) is 3.92. The van der Waals surface area contributed by atoms with Gasteiger partial charge < -0.3 is 14.5 Å². The second-order valence-corrected chi connectivity index (χ2v) is 7.43. The summed E-state index contributed by atoms with van der Waals surface area (Å²) >= 11 is 0. The van der Waals surface area contributed by atoms with E-state index < -0.39 is 11.7 Å². The Morgan fingerprint density at radius 3 is 2.13 bits per heavy atom. The Morgan fingerprint density at radius 1 is 0.903 bits per heavy atom. The van der Waals surface area contributed by atoms with E-state index in [1.807, 2.05) is 73.7 Å². The average molecular weight is 413 g/mol. The standard InChI is InChI=1S/C26H23NO4/c1-17-15-24(28)31-23-16-21(13-14-22(17)23)30-18(2)26(29)27-25(19-9-5-3-6-10-19)20-11-7-4-8-12-20/h3-16,18,25H,1-2H3,(H,27,29)/t18-/m0/s1. The molecular formula is C26H23NO4. The maximum absolute atomic E-state index is 13.0. The number of carbonyl (C=O) groups excluding carboxylic acids is 1. The smallest absolute Gasteiger partial charge is 0.336 e. The lowest BCUT2D eigenvalue weighted by Crippen LogP contribution is -2.39. The first kappa shape index (κ1) is 20.4. The normalized spacial score (nSPS) is 12.0. The Morgan fingerprint density at radius 2 is 1.52 bits per heavy atom. The Hall–Kier alpha value is -3.86. The first-order valence-corrected chi connectivity index (χ1v) is 10.1. The third-order valence-corrected chi connectivity index (χ3v) is 5.16. The highest BCUT2D eigenvalue weighted by atomic mass is 16.5. The Bertz CT molecular complexity index is 1210. The Balaban J connectivity index is 1.54. The average Bonchev–Trinajstić information content (AvgIpc) is 2.78. The van der Waals surface area contributed by atoms with Gasteiger partial charge in [-0.2, -0.15) is 0 Å². The number of ether oxygens (including phenoxy) is 1. The number of amides is 1. The molecule has 1 N–H and O–H groups in total. The minimum atomic E-state index is -0.746. The molecule has 31 heavy (non-hydrogen) atoms. The molecule has 1 atom stereocenters. The van der Waals surface area contributed by atoms with Gasteiger partial charge >= 0.3 is 5.63 Å². The molecule has 156 valence electrons. The topological polar surface area (TPSA) is 68.5 Å². The maximum atomic E-state index is 13.0. The summed E-state index contributed by atoms with van der Waals surface area (Å²) in [6, 6.07) is 26.0. The third-order valence-electron chi connectivity index (χ3n) is 5.16. The van der Waals surface area contributed by atoms with Gasteiger partial charge in [-0.3, -0.25) is 4.79 Å². The highest BCUT2D eigenvalue weighted by molar-refractivity contribution is 5.83. The van der Waals surface area contributed by atoms with Gasteiger partial charge in [-0.1, -0.05) is 60.7 Å². The lowest BCUT2D eigenvalue weighted by Gasteiger charge is -2.22. The van der Waals surface area contributed by atoms with Crippen molar-refractivity contribution in [1.82, 2.24) is 5.32 Å². The van der Waals surface area contributed by atoms with Gasteiger partial charge in [0, 0.05) is 17.5 Å². The fourth-order valence-corrected chi connectivity index (χ4v) is 3.55. The van der Waals surface area contributed by atoms with E-state index in [4.69, 9.17) is 9.15 Å². The van der Waals surface area contributed by atoms with Crippen LogP contribution >= 0.6 is 0 Å². The van der Waals surface area contributed by atoms with E-state index in [-0.39, 0.29) is 11.9 Å². The highest BCUT2D eigenvalue weighted by Gasteiger charge is 2.22. The molecule has 5 nitrogen and oxygen atoms in total. The van der Waals surface area contributed by atoms with Crippen molar-refractivity contribution >= 4 is 16.9 Å². The van der Waals surface area contributed by atoms with Crippen molar-refractivity contribution in [3.8, 4) is 5.75 Å². The number of rotatable bonds is 6. The molecule has 0 bridgehead atoms. The molecule has 0 aliphatic rings. The molecule has 3 aromatic carbocycles. The molecular weight excluding hydrogens is 390 g/mol. The van der Waals surface area contributed by atoms with E-state index in [9.17, 15) is 9.59 Å².